The number of carbonyl (C=O) groups excluding carboxylic acids is 1. The Balaban J connectivity index is 1.42. The maximum absolute atomic E-state index is 13.0. The first-order chi connectivity index (χ1) is 15.7. The van der Waals surface area contributed by atoms with Crippen LogP contribution in [0.4, 0.5) is 5.69 Å². The third kappa shape index (κ3) is 5.38. The fraction of sp³-hybridized carbons (Fsp3) is 0.240. The molecule has 4 rings (SSSR count). The van der Waals surface area contributed by atoms with Gasteiger partial charge in [0.15, 0.2) is 6.61 Å². The Morgan fingerprint density at radius 2 is 1.76 bits per heavy atom. The van der Waals surface area contributed by atoms with E-state index in [0.29, 0.717) is 29.4 Å². The number of hydrogen-bond donors (Lipinski definition) is 1. The number of ether oxygens (including phenoxy) is 1. The minimum Gasteiger partial charge on any atom is -0.484 e. The number of amides is 1. The molecule has 0 aromatic heterocycles. The van der Waals surface area contributed by atoms with E-state index in [4.69, 9.17) is 16.3 Å². The normalized spacial score (nSPS) is 13.9. The number of sulfonamides is 1. The maximum Gasteiger partial charge on any atom is 0.262 e. The van der Waals surface area contributed by atoms with Crippen LogP contribution in [0.15, 0.2) is 65.6 Å². The van der Waals surface area contributed by atoms with Crippen molar-refractivity contribution >= 4 is 33.2 Å². The molecule has 1 aliphatic rings. The molecule has 3 aromatic rings. The lowest BCUT2D eigenvalue weighted by atomic mass is 10.0. The quantitative estimate of drug-likeness (QED) is 0.549. The first-order valence-electron chi connectivity index (χ1n) is 10.6. The second-order valence-corrected chi connectivity index (χ2v) is 10.5. The van der Waals surface area contributed by atoms with Gasteiger partial charge in [-0.3, -0.25) is 4.79 Å². The average Bonchev–Trinajstić information content (AvgIpc) is 2.79. The van der Waals surface area contributed by atoms with Crippen LogP contribution in [-0.2, 0) is 27.8 Å². The summed E-state index contributed by atoms with van der Waals surface area (Å²) in [6, 6.07) is 17.4. The molecule has 0 aliphatic carbocycles. The highest BCUT2D eigenvalue weighted by Gasteiger charge is 2.28. The number of benzene rings is 3. The van der Waals surface area contributed by atoms with Crippen molar-refractivity contribution in [2.45, 2.75) is 31.7 Å². The number of rotatable bonds is 6. The molecule has 6 nitrogen and oxygen atoms in total. The number of nitrogens with one attached hydrogen (secondary N) is 1. The van der Waals surface area contributed by atoms with Crippen molar-refractivity contribution in [1.82, 2.24) is 4.31 Å². The van der Waals surface area contributed by atoms with Gasteiger partial charge in [0.1, 0.15) is 5.75 Å². The van der Waals surface area contributed by atoms with Crippen LogP contribution in [0.3, 0.4) is 0 Å². The smallest absolute Gasteiger partial charge is 0.262 e. The highest BCUT2D eigenvalue weighted by molar-refractivity contribution is 7.89. The molecule has 0 bridgehead atoms. The van der Waals surface area contributed by atoms with E-state index in [1.165, 1.54) is 16.4 Å². The van der Waals surface area contributed by atoms with E-state index in [0.717, 1.165) is 22.3 Å². The molecule has 0 spiro atoms. The van der Waals surface area contributed by atoms with Gasteiger partial charge in [-0.05, 0) is 91.1 Å². The van der Waals surface area contributed by atoms with Gasteiger partial charge in [-0.15, -0.1) is 0 Å². The Kier molecular flexibility index (Phi) is 6.74. The summed E-state index contributed by atoms with van der Waals surface area (Å²) in [4.78, 5) is 12.6. The predicted molar refractivity (Wildman–Crippen MR) is 129 cm³/mol. The van der Waals surface area contributed by atoms with Gasteiger partial charge in [-0.1, -0.05) is 23.7 Å². The molecule has 0 saturated carbocycles. The molecular formula is C25H25ClN2O4S. The van der Waals surface area contributed by atoms with Gasteiger partial charge in [0.2, 0.25) is 10.0 Å². The predicted octanol–water partition coefficient (Wildman–Crippen LogP) is 4.72. The van der Waals surface area contributed by atoms with Crippen molar-refractivity contribution in [1.29, 1.82) is 0 Å². The van der Waals surface area contributed by atoms with Crippen molar-refractivity contribution in [2.75, 3.05) is 18.5 Å². The van der Waals surface area contributed by atoms with E-state index in [2.05, 4.69) is 5.32 Å². The lowest BCUT2D eigenvalue weighted by Crippen LogP contribution is -2.36. The van der Waals surface area contributed by atoms with Crippen LogP contribution in [0.25, 0.3) is 0 Å². The summed E-state index contributed by atoms with van der Waals surface area (Å²) in [6.45, 7) is 4.53. The molecule has 33 heavy (non-hydrogen) atoms. The fourth-order valence-electron chi connectivity index (χ4n) is 3.72. The Morgan fingerprint density at radius 3 is 2.48 bits per heavy atom. The van der Waals surface area contributed by atoms with Crippen LogP contribution >= 0.6 is 11.6 Å². The summed E-state index contributed by atoms with van der Waals surface area (Å²) in [5, 5.41) is 3.32. The van der Waals surface area contributed by atoms with E-state index in [1.54, 1.807) is 12.1 Å². The lowest BCUT2D eigenvalue weighted by molar-refractivity contribution is -0.118. The second-order valence-electron chi connectivity index (χ2n) is 8.11. The van der Waals surface area contributed by atoms with Gasteiger partial charge < -0.3 is 10.1 Å². The Bertz CT molecular complexity index is 1290. The third-order valence-electron chi connectivity index (χ3n) is 5.77. The van der Waals surface area contributed by atoms with Crippen LogP contribution in [0.5, 0.6) is 5.75 Å². The molecule has 0 radical (unpaired) electrons. The summed E-state index contributed by atoms with van der Waals surface area (Å²) in [7, 11) is -3.64. The largest absolute Gasteiger partial charge is 0.484 e. The standard InChI is InChI=1S/C25H25ClN2O4S/c1-17-3-8-23(13-18(17)2)32-16-25(29)27-22-7-4-19-11-12-28(15-20(19)14-22)33(30,31)24-9-5-21(26)6-10-24/h3-10,13-14H,11-12,15-16H2,1-2H3,(H,27,29). The summed E-state index contributed by atoms with van der Waals surface area (Å²) in [5.41, 5.74) is 4.80. The molecule has 0 unspecified atom stereocenters. The summed E-state index contributed by atoms with van der Waals surface area (Å²) < 4.78 is 33.1. The maximum atomic E-state index is 13.0. The molecular weight excluding hydrogens is 460 g/mol. The Morgan fingerprint density at radius 1 is 1.00 bits per heavy atom. The van der Waals surface area contributed by atoms with Crippen molar-refractivity contribution < 1.29 is 17.9 Å². The summed E-state index contributed by atoms with van der Waals surface area (Å²) in [5.74, 6) is 0.358. The van der Waals surface area contributed by atoms with Crippen LogP contribution in [0, 0.1) is 13.8 Å². The summed E-state index contributed by atoms with van der Waals surface area (Å²) in [6.07, 6.45) is 0.603. The number of carbonyl (C=O) groups is 1. The van der Waals surface area contributed by atoms with Gasteiger partial charge >= 0.3 is 0 Å². The second kappa shape index (κ2) is 9.55. The van der Waals surface area contributed by atoms with E-state index in [9.17, 15) is 13.2 Å². The van der Waals surface area contributed by atoms with E-state index in [1.807, 2.05) is 50.2 Å². The van der Waals surface area contributed by atoms with Crippen molar-refractivity contribution in [3.05, 3.63) is 87.9 Å². The first kappa shape index (κ1) is 23.3. The lowest BCUT2D eigenvalue weighted by Gasteiger charge is -2.28. The van der Waals surface area contributed by atoms with E-state index >= 15 is 0 Å². The number of nitrogens with zero attached hydrogens (tertiary/aromatic N) is 1. The number of fused-ring (bicyclic) bond motifs is 1. The minimum absolute atomic E-state index is 0.114. The molecule has 1 amide bonds. The number of anilines is 1. The van der Waals surface area contributed by atoms with Gasteiger partial charge in [-0.2, -0.15) is 4.31 Å². The number of aryl methyl sites for hydroxylation is 2. The van der Waals surface area contributed by atoms with Gasteiger partial charge in [0.05, 0.1) is 4.90 Å². The first-order valence-corrected chi connectivity index (χ1v) is 12.4. The monoisotopic (exact) mass is 484 g/mol. The molecule has 1 aliphatic heterocycles. The fourth-order valence-corrected chi connectivity index (χ4v) is 5.26. The molecule has 3 aromatic carbocycles. The van der Waals surface area contributed by atoms with Gasteiger partial charge in [0, 0.05) is 23.8 Å². The molecule has 172 valence electrons. The molecule has 8 heteroatoms. The van der Waals surface area contributed by atoms with Crippen molar-refractivity contribution in [3.63, 3.8) is 0 Å². The number of halogens is 1. The Labute approximate surface area is 199 Å². The van der Waals surface area contributed by atoms with Crippen LogP contribution in [0.2, 0.25) is 5.02 Å². The minimum atomic E-state index is -3.64. The zero-order chi connectivity index (χ0) is 23.6. The molecule has 0 saturated heterocycles. The topological polar surface area (TPSA) is 75.7 Å². The molecule has 1 heterocycles. The van der Waals surface area contributed by atoms with Crippen LogP contribution < -0.4 is 10.1 Å². The molecule has 0 fully saturated rings. The highest BCUT2D eigenvalue weighted by atomic mass is 35.5. The average molecular weight is 485 g/mol. The van der Waals surface area contributed by atoms with Crippen LogP contribution in [0.1, 0.15) is 22.3 Å². The van der Waals surface area contributed by atoms with Gasteiger partial charge in [-0.25, -0.2) is 8.42 Å². The zero-order valence-corrected chi connectivity index (χ0v) is 20.0. The highest BCUT2D eigenvalue weighted by Crippen LogP contribution is 2.27. The van der Waals surface area contributed by atoms with Crippen molar-refractivity contribution in [3.8, 4) is 5.75 Å². The Hall–Kier alpha value is -2.87. The SMILES string of the molecule is Cc1ccc(OCC(=O)Nc2ccc3c(c2)CN(S(=O)(=O)c2ccc(Cl)cc2)CC3)cc1C. The van der Waals surface area contributed by atoms with Crippen molar-refractivity contribution in [2.24, 2.45) is 0 Å². The zero-order valence-electron chi connectivity index (χ0n) is 18.5. The molecule has 0 atom stereocenters. The third-order valence-corrected chi connectivity index (χ3v) is 7.88. The van der Waals surface area contributed by atoms with E-state index < -0.39 is 10.0 Å². The van der Waals surface area contributed by atoms with E-state index in [-0.39, 0.29) is 24.0 Å². The number of hydrogen-bond acceptors (Lipinski definition) is 4. The molecule has 1 N–H and O–H groups in total. The summed E-state index contributed by atoms with van der Waals surface area (Å²) >= 11 is 5.89. The van der Waals surface area contributed by atoms with Gasteiger partial charge in [0.25, 0.3) is 5.91 Å². The van der Waals surface area contributed by atoms with Crippen LogP contribution in [-0.4, -0.2) is 31.8 Å².